The highest BCUT2D eigenvalue weighted by molar-refractivity contribution is 5.92. The van der Waals surface area contributed by atoms with Crippen LogP contribution in [-0.2, 0) is 19.0 Å². The summed E-state index contributed by atoms with van der Waals surface area (Å²) in [5, 5.41) is 0.898. The second-order valence-corrected chi connectivity index (χ2v) is 8.21. The van der Waals surface area contributed by atoms with E-state index in [2.05, 4.69) is 23.6 Å². The van der Waals surface area contributed by atoms with Gasteiger partial charge in [0.05, 0.1) is 56.2 Å². The number of hydrogen-bond acceptors (Lipinski definition) is 9. The highest BCUT2D eigenvalue weighted by atomic mass is 16.5. The van der Waals surface area contributed by atoms with Crippen molar-refractivity contribution in [2.75, 3.05) is 55.9 Å². The molecule has 5 heterocycles. The summed E-state index contributed by atoms with van der Waals surface area (Å²) >= 11 is 0. The molecule has 3 aliphatic rings. The SMILES string of the molecule is C[C@H]1COCCN1c1nc(N2CCOC[C@@H]2C)c2ccc(C3=C(C=O)OCC3)nc2n1. The summed E-state index contributed by atoms with van der Waals surface area (Å²) in [5.74, 6) is 1.90. The molecule has 2 atom stereocenters. The van der Waals surface area contributed by atoms with Gasteiger partial charge in [-0.25, -0.2) is 4.98 Å². The van der Waals surface area contributed by atoms with Gasteiger partial charge in [0.15, 0.2) is 17.7 Å². The molecule has 2 fully saturated rings. The van der Waals surface area contributed by atoms with Crippen molar-refractivity contribution in [3.8, 4) is 0 Å². The van der Waals surface area contributed by atoms with E-state index in [1.165, 1.54) is 0 Å². The molecular weight excluding hydrogens is 398 g/mol. The Hall–Kier alpha value is -2.78. The van der Waals surface area contributed by atoms with E-state index in [1.807, 2.05) is 12.1 Å². The molecule has 0 radical (unpaired) electrons. The molecule has 9 heteroatoms. The van der Waals surface area contributed by atoms with Crippen molar-refractivity contribution >= 4 is 34.7 Å². The van der Waals surface area contributed by atoms with Crippen LogP contribution in [0.5, 0.6) is 0 Å². The second-order valence-electron chi connectivity index (χ2n) is 8.21. The molecule has 9 nitrogen and oxygen atoms in total. The Morgan fingerprint density at radius 1 is 0.968 bits per heavy atom. The van der Waals surface area contributed by atoms with Gasteiger partial charge in [0, 0.05) is 25.1 Å². The average molecular weight is 425 g/mol. The average Bonchev–Trinajstić information content (AvgIpc) is 3.28. The van der Waals surface area contributed by atoms with Crippen LogP contribution in [0.15, 0.2) is 17.9 Å². The van der Waals surface area contributed by atoms with Crippen LogP contribution in [0.1, 0.15) is 26.0 Å². The number of ether oxygens (including phenoxy) is 3. The standard InChI is InChI=1S/C22H27N5O4/c1-14-12-29-9-6-26(14)21-17-3-4-18(16-5-8-31-19(16)11-28)23-20(17)24-22(25-21)27-7-10-30-13-15(27)2/h3-4,11,14-15H,5-10,12-13H2,1-2H3/t14-,15-/m0/s1. The summed E-state index contributed by atoms with van der Waals surface area (Å²) in [4.78, 5) is 30.5. The lowest BCUT2D eigenvalue weighted by atomic mass is 10.1. The van der Waals surface area contributed by atoms with Gasteiger partial charge < -0.3 is 24.0 Å². The number of nitrogens with zero attached hydrogens (tertiary/aromatic N) is 5. The third-order valence-corrected chi connectivity index (χ3v) is 6.12. The van der Waals surface area contributed by atoms with Gasteiger partial charge in [-0.1, -0.05) is 0 Å². The zero-order chi connectivity index (χ0) is 21.4. The van der Waals surface area contributed by atoms with Gasteiger partial charge in [0.2, 0.25) is 5.95 Å². The monoisotopic (exact) mass is 425 g/mol. The lowest BCUT2D eigenvalue weighted by molar-refractivity contribution is -0.107. The first-order chi connectivity index (χ1) is 15.2. The van der Waals surface area contributed by atoms with Crippen LogP contribution in [0.25, 0.3) is 16.6 Å². The first-order valence-corrected chi connectivity index (χ1v) is 10.8. The van der Waals surface area contributed by atoms with E-state index in [0.717, 1.165) is 41.8 Å². The molecule has 0 unspecified atom stereocenters. The number of allylic oxidation sites excluding steroid dienone is 1. The number of morpholine rings is 2. The largest absolute Gasteiger partial charge is 0.489 e. The zero-order valence-corrected chi connectivity index (χ0v) is 17.9. The van der Waals surface area contributed by atoms with Crippen molar-refractivity contribution in [1.29, 1.82) is 0 Å². The van der Waals surface area contributed by atoms with Gasteiger partial charge in [0.1, 0.15) is 5.82 Å². The molecule has 0 N–H and O–H groups in total. The summed E-state index contributed by atoms with van der Waals surface area (Å²) in [5.41, 5.74) is 2.19. The number of aldehydes is 1. The predicted molar refractivity (Wildman–Crippen MR) is 116 cm³/mol. The summed E-state index contributed by atoms with van der Waals surface area (Å²) in [7, 11) is 0. The first kappa shape index (κ1) is 20.1. The maximum absolute atomic E-state index is 11.4. The van der Waals surface area contributed by atoms with Gasteiger partial charge in [-0.3, -0.25) is 4.79 Å². The quantitative estimate of drug-likeness (QED) is 0.680. The van der Waals surface area contributed by atoms with Crippen LogP contribution < -0.4 is 9.80 Å². The van der Waals surface area contributed by atoms with E-state index in [4.69, 9.17) is 29.2 Å². The third-order valence-electron chi connectivity index (χ3n) is 6.12. The normalized spacial score (nSPS) is 24.6. The van der Waals surface area contributed by atoms with Gasteiger partial charge >= 0.3 is 0 Å². The molecule has 0 amide bonds. The molecule has 0 saturated carbocycles. The summed E-state index contributed by atoms with van der Waals surface area (Å²) < 4.78 is 16.7. The molecular formula is C22H27N5O4. The topological polar surface area (TPSA) is 89.9 Å². The Balaban J connectivity index is 1.65. The number of hydrogen-bond donors (Lipinski definition) is 0. The van der Waals surface area contributed by atoms with E-state index in [0.29, 0.717) is 56.8 Å². The van der Waals surface area contributed by atoms with Gasteiger partial charge in [0.25, 0.3) is 0 Å². The molecule has 0 aliphatic carbocycles. The Morgan fingerprint density at radius 2 is 1.71 bits per heavy atom. The number of carbonyl (C=O) groups excluding carboxylic acids is 1. The lowest BCUT2D eigenvalue weighted by Crippen LogP contribution is -2.46. The number of pyridine rings is 1. The van der Waals surface area contributed by atoms with Crippen molar-refractivity contribution < 1.29 is 19.0 Å². The first-order valence-electron chi connectivity index (χ1n) is 10.8. The summed E-state index contributed by atoms with van der Waals surface area (Å²) in [6, 6.07) is 4.33. The molecule has 31 heavy (non-hydrogen) atoms. The van der Waals surface area contributed by atoms with Crippen LogP contribution in [0, 0.1) is 0 Å². The minimum atomic E-state index is 0.178. The van der Waals surface area contributed by atoms with Crippen molar-refractivity contribution in [3.63, 3.8) is 0 Å². The zero-order valence-electron chi connectivity index (χ0n) is 17.9. The summed E-state index contributed by atoms with van der Waals surface area (Å²) in [6.45, 7) is 8.87. The van der Waals surface area contributed by atoms with Crippen LogP contribution >= 0.6 is 0 Å². The summed E-state index contributed by atoms with van der Waals surface area (Å²) in [6.07, 6.45) is 1.42. The van der Waals surface area contributed by atoms with Gasteiger partial charge in [-0.15, -0.1) is 0 Å². The molecule has 2 saturated heterocycles. The molecule has 0 bridgehead atoms. The smallest absolute Gasteiger partial charge is 0.229 e. The fraction of sp³-hybridized carbons (Fsp3) is 0.545. The Labute approximate surface area is 181 Å². The van der Waals surface area contributed by atoms with Crippen molar-refractivity contribution in [2.45, 2.75) is 32.4 Å². The highest BCUT2D eigenvalue weighted by Gasteiger charge is 2.28. The van der Waals surface area contributed by atoms with E-state index < -0.39 is 0 Å². The maximum atomic E-state index is 11.4. The minimum absolute atomic E-state index is 0.178. The van der Waals surface area contributed by atoms with Crippen LogP contribution in [0.4, 0.5) is 11.8 Å². The highest BCUT2D eigenvalue weighted by Crippen LogP contribution is 2.32. The lowest BCUT2D eigenvalue weighted by Gasteiger charge is -2.37. The Bertz CT molecular complexity index is 1030. The fourth-order valence-electron chi connectivity index (χ4n) is 4.40. The van der Waals surface area contributed by atoms with E-state index in [1.54, 1.807) is 0 Å². The molecule has 164 valence electrons. The van der Waals surface area contributed by atoms with E-state index in [9.17, 15) is 4.79 Å². The number of fused-ring (bicyclic) bond motifs is 1. The second kappa shape index (κ2) is 8.39. The van der Waals surface area contributed by atoms with Crippen molar-refractivity contribution in [2.24, 2.45) is 0 Å². The van der Waals surface area contributed by atoms with E-state index >= 15 is 0 Å². The predicted octanol–water partition coefficient (Wildman–Crippen LogP) is 1.81. The molecule has 5 rings (SSSR count). The van der Waals surface area contributed by atoms with Gasteiger partial charge in [-0.2, -0.15) is 9.97 Å². The van der Waals surface area contributed by atoms with Crippen LogP contribution in [0.3, 0.4) is 0 Å². The maximum Gasteiger partial charge on any atom is 0.229 e. The van der Waals surface area contributed by atoms with Crippen molar-refractivity contribution in [1.82, 2.24) is 15.0 Å². The molecule has 0 aromatic carbocycles. The van der Waals surface area contributed by atoms with Gasteiger partial charge in [-0.05, 0) is 26.0 Å². The van der Waals surface area contributed by atoms with Crippen molar-refractivity contribution in [3.05, 3.63) is 23.6 Å². The van der Waals surface area contributed by atoms with E-state index in [-0.39, 0.29) is 12.1 Å². The number of anilines is 2. The van der Waals surface area contributed by atoms with Crippen LogP contribution in [-0.4, -0.2) is 79.4 Å². The molecule has 2 aromatic heterocycles. The number of carbonyl (C=O) groups is 1. The van der Waals surface area contributed by atoms with Crippen LogP contribution in [0.2, 0.25) is 0 Å². The molecule has 2 aromatic rings. The third kappa shape index (κ3) is 3.72. The number of aromatic nitrogens is 3. The molecule has 3 aliphatic heterocycles. The molecule has 0 spiro atoms. The minimum Gasteiger partial charge on any atom is -0.489 e. The number of rotatable bonds is 4. The Kier molecular flexibility index (Phi) is 5.45. The Morgan fingerprint density at radius 3 is 2.42 bits per heavy atom. The fourth-order valence-corrected chi connectivity index (χ4v) is 4.40.